The molecule has 3 unspecified atom stereocenters. The number of anilines is 3. The third-order valence-electron chi connectivity index (χ3n) is 18.0. The number of nitrogens with zero attached hydrogens (tertiary/aromatic N) is 2. The Kier molecular flexibility index (Phi) is 6.62. The highest BCUT2D eigenvalue weighted by atomic mass is 15.1. The molecule has 2 heteroatoms. The molecule has 0 saturated heterocycles. The van der Waals surface area contributed by atoms with E-state index in [2.05, 4.69) is 167 Å². The highest BCUT2D eigenvalue weighted by Crippen LogP contribution is 2.70. The van der Waals surface area contributed by atoms with Crippen LogP contribution in [-0.4, -0.2) is 4.57 Å². The second-order valence-electron chi connectivity index (χ2n) is 20.5. The van der Waals surface area contributed by atoms with E-state index in [1.807, 2.05) is 0 Å². The quantitative estimate of drug-likeness (QED) is 0.172. The Morgan fingerprint density at radius 1 is 0.410 bits per heavy atom. The van der Waals surface area contributed by atoms with Gasteiger partial charge in [-0.2, -0.15) is 0 Å². The van der Waals surface area contributed by atoms with Gasteiger partial charge in [-0.3, -0.25) is 0 Å². The van der Waals surface area contributed by atoms with E-state index >= 15 is 0 Å². The summed E-state index contributed by atoms with van der Waals surface area (Å²) in [5.41, 5.74) is 20.0. The van der Waals surface area contributed by atoms with Crippen molar-refractivity contribution >= 4 is 38.9 Å². The molecule has 2 spiro atoms. The average Bonchev–Trinajstić information content (AvgIpc) is 4.12. The molecule has 3 atom stereocenters. The van der Waals surface area contributed by atoms with Crippen LogP contribution in [0.15, 0.2) is 158 Å². The van der Waals surface area contributed by atoms with Crippen molar-refractivity contribution in [2.45, 2.75) is 68.6 Å². The van der Waals surface area contributed by atoms with Gasteiger partial charge in [0.15, 0.2) is 0 Å². The highest BCUT2D eigenvalue weighted by Gasteiger charge is 2.62. The maximum absolute atomic E-state index is 2.64. The molecule has 0 aliphatic heterocycles. The molecule has 8 aliphatic rings. The Morgan fingerprint density at radius 3 is 1.72 bits per heavy atom. The fraction of sp³-hybridized carbons (Fsp3) is 0.288. The predicted octanol–water partition coefficient (Wildman–Crippen LogP) is 15.1. The van der Waals surface area contributed by atoms with Crippen molar-refractivity contribution in [3.8, 4) is 27.9 Å². The summed E-state index contributed by atoms with van der Waals surface area (Å²) < 4.78 is 2.48. The summed E-state index contributed by atoms with van der Waals surface area (Å²) in [4.78, 5) is 2.62. The van der Waals surface area contributed by atoms with Crippen LogP contribution in [0.3, 0.4) is 0 Å². The zero-order valence-electron chi connectivity index (χ0n) is 34.7. The molecule has 1 heterocycles. The molecule has 8 aliphatic carbocycles. The lowest BCUT2D eigenvalue weighted by atomic mass is 9.43. The smallest absolute Gasteiger partial charge is 0.0541 e. The van der Waals surface area contributed by atoms with Crippen LogP contribution in [0.4, 0.5) is 17.1 Å². The molecule has 1 aromatic heterocycles. The van der Waals surface area contributed by atoms with Crippen LogP contribution in [-0.2, 0) is 10.8 Å². The van der Waals surface area contributed by atoms with E-state index in [1.54, 1.807) is 22.3 Å². The van der Waals surface area contributed by atoms with Gasteiger partial charge in [-0.25, -0.2) is 0 Å². The molecule has 296 valence electrons. The number of hydrogen-bond donors (Lipinski definition) is 0. The van der Waals surface area contributed by atoms with Crippen LogP contribution < -0.4 is 4.90 Å². The summed E-state index contributed by atoms with van der Waals surface area (Å²) in [7, 11) is 0. The van der Waals surface area contributed by atoms with Crippen LogP contribution in [0, 0.1) is 35.5 Å². The van der Waals surface area contributed by atoms with Crippen LogP contribution in [0.5, 0.6) is 0 Å². The molecule has 0 radical (unpaired) electrons. The van der Waals surface area contributed by atoms with E-state index in [9.17, 15) is 0 Å². The number of rotatable bonds is 4. The lowest BCUT2D eigenvalue weighted by molar-refractivity contribution is -0.0399. The molecule has 7 aromatic carbocycles. The molecule has 16 rings (SSSR count). The number of para-hydroxylation sites is 2. The zero-order valence-corrected chi connectivity index (χ0v) is 34.7. The predicted molar refractivity (Wildman–Crippen MR) is 250 cm³/mol. The molecule has 6 bridgehead atoms. The minimum atomic E-state index is 0.115. The maximum atomic E-state index is 2.64. The number of aromatic nitrogens is 1. The summed E-state index contributed by atoms with van der Waals surface area (Å²) in [6.07, 6.45) is 12.5. The zero-order chi connectivity index (χ0) is 39.6. The highest BCUT2D eigenvalue weighted by molar-refractivity contribution is 6.09. The van der Waals surface area contributed by atoms with Crippen molar-refractivity contribution < 1.29 is 0 Å². The second-order valence-corrected chi connectivity index (χ2v) is 20.5. The first kappa shape index (κ1) is 33.8. The Hall–Kier alpha value is -5.86. The van der Waals surface area contributed by atoms with Gasteiger partial charge in [0.05, 0.1) is 11.0 Å². The Morgan fingerprint density at radius 2 is 1.00 bits per heavy atom. The first-order chi connectivity index (χ1) is 30.2. The number of fused-ring (bicyclic) bond motifs is 14. The van der Waals surface area contributed by atoms with Gasteiger partial charge in [-0.1, -0.05) is 110 Å². The molecule has 6 fully saturated rings. The van der Waals surface area contributed by atoms with Gasteiger partial charge in [0.2, 0.25) is 0 Å². The van der Waals surface area contributed by atoms with Gasteiger partial charge in [-0.05, 0) is 186 Å². The third-order valence-corrected chi connectivity index (χ3v) is 18.0. The molecular formula is C59H50N2. The van der Waals surface area contributed by atoms with Crippen molar-refractivity contribution in [2.75, 3.05) is 4.90 Å². The van der Waals surface area contributed by atoms with Crippen LogP contribution in [0.25, 0.3) is 49.7 Å². The normalized spacial score (nSPS) is 29.2. The lowest BCUT2D eigenvalue weighted by Gasteiger charge is -2.61. The largest absolute Gasteiger partial charge is 0.310 e. The molecule has 0 amide bonds. The molecule has 6 saturated carbocycles. The third kappa shape index (κ3) is 4.25. The molecule has 0 N–H and O–H groups in total. The van der Waals surface area contributed by atoms with Crippen molar-refractivity contribution in [2.24, 2.45) is 35.5 Å². The van der Waals surface area contributed by atoms with E-state index < -0.39 is 0 Å². The summed E-state index contributed by atoms with van der Waals surface area (Å²) in [5, 5.41) is 2.59. The molecule has 61 heavy (non-hydrogen) atoms. The van der Waals surface area contributed by atoms with Crippen molar-refractivity contribution in [3.63, 3.8) is 0 Å². The summed E-state index contributed by atoms with van der Waals surface area (Å²) in [6.45, 7) is 0. The van der Waals surface area contributed by atoms with Crippen LogP contribution in [0.1, 0.15) is 80.0 Å². The van der Waals surface area contributed by atoms with Gasteiger partial charge in [0, 0.05) is 44.4 Å². The standard InChI is InChI=1S/C59H50N2/c1-5-16-52-46(12-1)48-24-22-45(34-55(48)58(52)35-36-20-21-39(58)27-36)60(42-10-9-11-43(32-42)61-56-18-7-3-14-49(56)50-15-4-8-19-57(50)61)44-23-25-54-51(33-44)47-13-2-6-17-53(47)59(54)40-28-37-26-38(30-40)31-41(59)29-37/h1-19,22-25,32-34,36-41H,20-21,26-31,35H2. The summed E-state index contributed by atoms with van der Waals surface area (Å²) in [5.74, 6) is 4.94. The molecule has 8 aromatic rings. The fourth-order valence-electron chi connectivity index (χ4n) is 16.2. The second kappa shape index (κ2) is 11.9. The number of benzene rings is 7. The van der Waals surface area contributed by atoms with Gasteiger partial charge in [0.25, 0.3) is 0 Å². The van der Waals surface area contributed by atoms with Crippen molar-refractivity contribution in [3.05, 3.63) is 180 Å². The first-order valence-corrected chi connectivity index (χ1v) is 23.5. The maximum Gasteiger partial charge on any atom is 0.0541 e. The number of hydrogen-bond acceptors (Lipinski definition) is 1. The van der Waals surface area contributed by atoms with Crippen molar-refractivity contribution in [1.82, 2.24) is 4.57 Å². The Balaban J connectivity index is 0.955. The van der Waals surface area contributed by atoms with Gasteiger partial charge in [-0.15, -0.1) is 0 Å². The van der Waals surface area contributed by atoms with E-state index in [1.165, 1.54) is 125 Å². The minimum Gasteiger partial charge on any atom is -0.310 e. The average molecular weight is 787 g/mol. The van der Waals surface area contributed by atoms with Crippen LogP contribution >= 0.6 is 0 Å². The molecular weight excluding hydrogens is 737 g/mol. The Labute approximate surface area is 358 Å². The topological polar surface area (TPSA) is 8.17 Å². The van der Waals surface area contributed by atoms with E-state index in [-0.39, 0.29) is 10.8 Å². The van der Waals surface area contributed by atoms with E-state index in [0.717, 1.165) is 35.5 Å². The monoisotopic (exact) mass is 786 g/mol. The minimum absolute atomic E-state index is 0.115. The summed E-state index contributed by atoms with van der Waals surface area (Å²) in [6, 6.07) is 61.6. The Bertz CT molecular complexity index is 3080. The van der Waals surface area contributed by atoms with E-state index in [0.29, 0.717) is 0 Å². The summed E-state index contributed by atoms with van der Waals surface area (Å²) >= 11 is 0. The SMILES string of the molecule is c1cc(N(c2ccc3c(c2)-c2ccccc2C32C3CC4CC(C3)CC2C4)c2ccc3c(c2)C2(CC4CCC2C4)c2ccccc2-3)cc(-n2c3ccccc3c3ccccc32)c1. The van der Waals surface area contributed by atoms with Gasteiger partial charge in [0.1, 0.15) is 0 Å². The van der Waals surface area contributed by atoms with Crippen molar-refractivity contribution in [1.29, 1.82) is 0 Å². The lowest BCUT2D eigenvalue weighted by Crippen LogP contribution is -2.55. The van der Waals surface area contributed by atoms with Gasteiger partial charge < -0.3 is 9.47 Å². The molecule has 2 nitrogen and oxygen atoms in total. The first-order valence-electron chi connectivity index (χ1n) is 23.5. The van der Waals surface area contributed by atoms with E-state index in [4.69, 9.17) is 0 Å². The van der Waals surface area contributed by atoms with Gasteiger partial charge >= 0.3 is 0 Å². The fourth-order valence-corrected chi connectivity index (χ4v) is 16.2. The van der Waals surface area contributed by atoms with Crippen LogP contribution in [0.2, 0.25) is 0 Å².